The lowest BCUT2D eigenvalue weighted by molar-refractivity contribution is -0.143. The van der Waals surface area contributed by atoms with Gasteiger partial charge in [-0.25, -0.2) is 0 Å². The fourth-order valence-corrected chi connectivity index (χ4v) is 2.78. The second-order valence-electron chi connectivity index (χ2n) is 6.74. The third-order valence-corrected chi connectivity index (χ3v) is 4.41. The lowest BCUT2D eigenvalue weighted by atomic mass is 10.0. The summed E-state index contributed by atoms with van der Waals surface area (Å²) >= 11 is 0. The van der Waals surface area contributed by atoms with E-state index in [1.165, 1.54) is 13.2 Å². The number of halogens is 6. The van der Waals surface area contributed by atoms with Gasteiger partial charge >= 0.3 is 12.4 Å². The first-order chi connectivity index (χ1) is 13.4. The molecule has 0 bridgehead atoms. The molecule has 2 N–H and O–H groups in total. The normalized spacial score (nSPS) is 13.4. The van der Waals surface area contributed by atoms with Crippen LogP contribution in [0, 0.1) is 0 Å². The predicted molar refractivity (Wildman–Crippen MR) is 95.7 cm³/mol. The summed E-state index contributed by atoms with van der Waals surface area (Å²) in [6, 6.07) is 6.27. The number of methoxy groups -OCH3 is 1. The molecule has 1 atom stereocenters. The topological polar surface area (TPSA) is 41.5 Å². The molecule has 3 nitrogen and oxygen atoms in total. The molecule has 0 radical (unpaired) electrons. The van der Waals surface area contributed by atoms with Gasteiger partial charge in [0.05, 0.1) is 18.2 Å². The maximum Gasteiger partial charge on any atom is 0.416 e. The van der Waals surface area contributed by atoms with Gasteiger partial charge in [0.2, 0.25) is 0 Å². The van der Waals surface area contributed by atoms with Crippen LogP contribution in [-0.4, -0.2) is 18.3 Å². The van der Waals surface area contributed by atoms with Gasteiger partial charge in [0.15, 0.2) is 11.5 Å². The number of benzene rings is 2. The third-order valence-electron chi connectivity index (χ3n) is 4.41. The summed E-state index contributed by atoms with van der Waals surface area (Å²) in [4.78, 5) is 0. The van der Waals surface area contributed by atoms with Gasteiger partial charge in [0.1, 0.15) is 0 Å². The zero-order chi connectivity index (χ0) is 21.8. The number of nitrogens with one attached hydrogen (secondary N) is 1. The number of ether oxygens (including phenoxy) is 1. The molecule has 0 saturated carbocycles. The summed E-state index contributed by atoms with van der Waals surface area (Å²) in [5, 5.41) is 12.5. The molecule has 0 aliphatic carbocycles. The fraction of sp³-hybridized carbons (Fsp3) is 0.400. The molecule has 0 aliphatic rings. The molecule has 2 aromatic rings. The summed E-state index contributed by atoms with van der Waals surface area (Å²) < 4.78 is 82.5. The zero-order valence-corrected chi connectivity index (χ0v) is 15.8. The molecule has 2 aromatic carbocycles. The first-order valence-electron chi connectivity index (χ1n) is 8.77. The van der Waals surface area contributed by atoms with Gasteiger partial charge in [-0.2, -0.15) is 26.3 Å². The van der Waals surface area contributed by atoms with Gasteiger partial charge in [-0.1, -0.05) is 6.07 Å². The maximum atomic E-state index is 12.9. The molecule has 0 aromatic heterocycles. The number of hydrogen-bond acceptors (Lipinski definition) is 3. The Morgan fingerprint density at radius 3 is 2.03 bits per heavy atom. The Kier molecular flexibility index (Phi) is 7.05. The van der Waals surface area contributed by atoms with Crippen LogP contribution in [0.2, 0.25) is 0 Å². The standard InChI is InChI=1S/C20H21F6NO2/c1-12(3-4-13-5-6-17(28)18(9-13)29-2)27-11-14-7-15(19(21,22)23)10-16(8-14)20(24,25)26/h5-10,12,27-28H,3-4,11H2,1-2H3/t12-/m1/s1. The van der Waals surface area contributed by atoms with Crippen LogP contribution in [0.25, 0.3) is 0 Å². The van der Waals surface area contributed by atoms with E-state index in [-0.39, 0.29) is 30.0 Å². The molecule has 0 saturated heterocycles. The minimum Gasteiger partial charge on any atom is -0.504 e. The summed E-state index contributed by atoms with van der Waals surface area (Å²) in [5.74, 6) is 0.333. The van der Waals surface area contributed by atoms with Crippen LogP contribution in [0.5, 0.6) is 11.5 Å². The smallest absolute Gasteiger partial charge is 0.416 e. The molecule has 9 heteroatoms. The molecule has 0 amide bonds. The molecular weight excluding hydrogens is 400 g/mol. The van der Waals surface area contributed by atoms with Crippen molar-refractivity contribution in [2.75, 3.05) is 7.11 Å². The second kappa shape index (κ2) is 8.94. The first-order valence-corrected chi connectivity index (χ1v) is 8.77. The maximum absolute atomic E-state index is 12.9. The van der Waals surface area contributed by atoms with Crippen molar-refractivity contribution in [2.45, 2.75) is 44.7 Å². The van der Waals surface area contributed by atoms with E-state index in [2.05, 4.69) is 5.32 Å². The van der Waals surface area contributed by atoms with E-state index >= 15 is 0 Å². The monoisotopic (exact) mass is 421 g/mol. The summed E-state index contributed by atoms with van der Waals surface area (Å²) in [6.45, 7) is 1.66. The van der Waals surface area contributed by atoms with Gasteiger partial charge < -0.3 is 15.2 Å². The van der Waals surface area contributed by atoms with E-state index in [1.807, 2.05) is 0 Å². The Labute approximate surface area is 164 Å². The van der Waals surface area contributed by atoms with E-state index < -0.39 is 23.5 Å². The lowest BCUT2D eigenvalue weighted by Gasteiger charge is -2.17. The van der Waals surface area contributed by atoms with Crippen molar-refractivity contribution in [3.8, 4) is 11.5 Å². The Bertz CT molecular complexity index is 800. The van der Waals surface area contributed by atoms with Crippen LogP contribution in [-0.2, 0) is 25.3 Å². The molecule has 0 unspecified atom stereocenters. The highest BCUT2D eigenvalue weighted by Crippen LogP contribution is 2.36. The van der Waals surface area contributed by atoms with Gasteiger partial charge in [0.25, 0.3) is 0 Å². The van der Waals surface area contributed by atoms with Crippen molar-refractivity contribution in [1.29, 1.82) is 0 Å². The van der Waals surface area contributed by atoms with Crippen molar-refractivity contribution in [3.05, 3.63) is 58.7 Å². The van der Waals surface area contributed by atoms with E-state index in [1.54, 1.807) is 19.1 Å². The Morgan fingerprint density at radius 2 is 1.52 bits per heavy atom. The Balaban J connectivity index is 2.03. The molecule has 0 aliphatic heterocycles. The fourth-order valence-electron chi connectivity index (χ4n) is 2.78. The SMILES string of the molecule is COc1cc(CC[C@@H](C)NCc2cc(C(F)(F)F)cc(C(F)(F)F)c2)ccc1O. The minimum absolute atomic E-state index is 0.00689. The van der Waals surface area contributed by atoms with Crippen molar-refractivity contribution in [3.63, 3.8) is 0 Å². The minimum atomic E-state index is -4.86. The summed E-state index contributed by atoms with van der Waals surface area (Å²) in [6.07, 6.45) is -8.56. The molecule has 0 heterocycles. The van der Waals surface area contributed by atoms with Gasteiger partial charge in [-0.05, 0) is 61.2 Å². The van der Waals surface area contributed by atoms with Crippen molar-refractivity contribution < 1.29 is 36.2 Å². The van der Waals surface area contributed by atoms with Gasteiger partial charge in [0, 0.05) is 12.6 Å². The van der Waals surface area contributed by atoms with Gasteiger partial charge in [-0.3, -0.25) is 0 Å². The van der Waals surface area contributed by atoms with Crippen molar-refractivity contribution in [1.82, 2.24) is 5.32 Å². The zero-order valence-electron chi connectivity index (χ0n) is 15.8. The number of aromatic hydroxyl groups is 1. The molecule has 0 spiro atoms. The van der Waals surface area contributed by atoms with Crippen LogP contribution >= 0.6 is 0 Å². The highest BCUT2D eigenvalue weighted by Gasteiger charge is 2.36. The van der Waals surface area contributed by atoms with Crippen LogP contribution in [0.15, 0.2) is 36.4 Å². The van der Waals surface area contributed by atoms with E-state index in [0.717, 1.165) is 17.7 Å². The second-order valence-corrected chi connectivity index (χ2v) is 6.74. The predicted octanol–water partition coefficient (Wildman–Crippen LogP) is 5.55. The third kappa shape index (κ3) is 6.56. The van der Waals surface area contributed by atoms with Crippen molar-refractivity contribution >= 4 is 0 Å². The number of phenols is 1. The number of aryl methyl sites for hydroxylation is 1. The molecule has 2 rings (SSSR count). The summed E-state index contributed by atoms with van der Waals surface area (Å²) in [5.41, 5.74) is -1.86. The van der Waals surface area contributed by atoms with Crippen LogP contribution in [0.3, 0.4) is 0 Å². The highest BCUT2D eigenvalue weighted by molar-refractivity contribution is 5.41. The number of alkyl halides is 6. The first kappa shape index (κ1) is 22.9. The largest absolute Gasteiger partial charge is 0.504 e. The number of phenolic OH excluding ortho intramolecular Hbond substituents is 1. The molecule has 0 fully saturated rings. The van der Waals surface area contributed by atoms with Crippen molar-refractivity contribution in [2.24, 2.45) is 0 Å². The van der Waals surface area contributed by atoms with E-state index in [4.69, 9.17) is 4.74 Å². The van der Waals surface area contributed by atoms with Crippen LogP contribution in [0.1, 0.15) is 35.6 Å². The Hall–Kier alpha value is -2.42. The number of rotatable bonds is 7. The quantitative estimate of drug-likeness (QED) is 0.576. The van der Waals surface area contributed by atoms with Gasteiger partial charge in [-0.15, -0.1) is 0 Å². The van der Waals surface area contributed by atoms with E-state index in [9.17, 15) is 31.4 Å². The van der Waals surface area contributed by atoms with Crippen LogP contribution in [0.4, 0.5) is 26.3 Å². The highest BCUT2D eigenvalue weighted by atomic mass is 19.4. The lowest BCUT2D eigenvalue weighted by Crippen LogP contribution is -2.26. The molecular formula is C20H21F6NO2. The van der Waals surface area contributed by atoms with Crippen LogP contribution < -0.4 is 10.1 Å². The average Bonchev–Trinajstić information content (AvgIpc) is 2.64. The Morgan fingerprint density at radius 1 is 0.931 bits per heavy atom. The summed E-state index contributed by atoms with van der Waals surface area (Å²) in [7, 11) is 1.42. The average molecular weight is 421 g/mol. The van der Waals surface area contributed by atoms with E-state index in [0.29, 0.717) is 18.6 Å². The number of hydrogen-bond donors (Lipinski definition) is 2. The molecule has 160 valence electrons. The molecule has 29 heavy (non-hydrogen) atoms.